The topological polar surface area (TPSA) is 84.9 Å². The van der Waals surface area contributed by atoms with E-state index in [1.165, 1.54) is 6.20 Å². The van der Waals surface area contributed by atoms with Gasteiger partial charge in [0.15, 0.2) is 5.82 Å². The van der Waals surface area contributed by atoms with Crippen LogP contribution in [0.25, 0.3) is 11.4 Å². The number of nitrogens with one attached hydrogen (secondary N) is 1. The van der Waals surface area contributed by atoms with Gasteiger partial charge in [-0.15, -0.1) is 0 Å². The number of anilines is 3. The van der Waals surface area contributed by atoms with E-state index in [1.54, 1.807) is 6.20 Å². The number of hydrogen-bond donors (Lipinski definition) is 2. The number of aryl methyl sites for hydroxylation is 1. The first-order valence-electron chi connectivity index (χ1n) is 9.86. The van der Waals surface area contributed by atoms with Gasteiger partial charge in [0.1, 0.15) is 11.5 Å². The van der Waals surface area contributed by atoms with Crippen LogP contribution < -0.4 is 16.0 Å². The number of benzene rings is 1. The number of imidazole rings is 1. The second-order valence-electron chi connectivity index (χ2n) is 7.71. The predicted octanol–water partition coefficient (Wildman–Crippen LogP) is 3.65. The van der Waals surface area contributed by atoms with E-state index in [2.05, 4.69) is 25.2 Å². The summed E-state index contributed by atoms with van der Waals surface area (Å²) in [6, 6.07) is 8.40. The third-order valence-corrected chi connectivity index (χ3v) is 5.20. The lowest BCUT2D eigenvalue weighted by Gasteiger charge is -2.18. The van der Waals surface area contributed by atoms with E-state index >= 15 is 0 Å². The minimum Gasteiger partial charge on any atom is -0.370 e. The second-order valence-corrected chi connectivity index (χ2v) is 7.71. The normalized spacial score (nSPS) is 16.6. The molecule has 0 spiro atoms. The van der Waals surface area contributed by atoms with Gasteiger partial charge in [0, 0.05) is 36.5 Å². The van der Waals surface area contributed by atoms with Crippen LogP contribution in [0.3, 0.4) is 0 Å². The highest BCUT2D eigenvalue weighted by atomic mass is 19.1. The van der Waals surface area contributed by atoms with Crippen molar-refractivity contribution in [2.24, 2.45) is 5.73 Å². The van der Waals surface area contributed by atoms with Crippen LogP contribution >= 0.6 is 0 Å². The maximum Gasteiger partial charge on any atom is 0.227 e. The van der Waals surface area contributed by atoms with Gasteiger partial charge >= 0.3 is 0 Å². The van der Waals surface area contributed by atoms with Crippen molar-refractivity contribution in [1.29, 1.82) is 0 Å². The number of hydrogen-bond acceptors (Lipinski definition) is 6. The Morgan fingerprint density at radius 2 is 1.93 bits per heavy atom. The SMILES string of the molecule is Cc1ncc(-c2nc(Nc3ccc(N4CC[C@@H](N)C4)cc3)ncc2F)n1C(C)C. The Bertz CT molecular complexity index is 997. The molecule has 7 nitrogen and oxygen atoms in total. The quantitative estimate of drug-likeness (QED) is 0.686. The zero-order valence-electron chi connectivity index (χ0n) is 16.9. The predicted molar refractivity (Wildman–Crippen MR) is 113 cm³/mol. The summed E-state index contributed by atoms with van der Waals surface area (Å²) in [5, 5.41) is 3.16. The van der Waals surface area contributed by atoms with Crippen LogP contribution in [0.2, 0.25) is 0 Å². The summed E-state index contributed by atoms with van der Waals surface area (Å²) >= 11 is 0. The van der Waals surface area contributed by atoms with Crippen LogP contribution in [-0.4, -0.2) is 38.7 Å². The minimum atomic E-state index is -0.474. The molecule has 0 unspecified atom stereocenters. The van der Waals surface area contributed by atoms with Crippen molar-refractivity contribution in [3.05, 3.63) is 48.3 Å². The van der Waals surface area contributed by atoms with E-state index in [0.717, 1.165) is 36.7 Å². The molecule has 0 bridgehead atoms. The molecule has 3 heterocycles. The average molecular weight is 395 g/mol. The summed E-state index contributed by atoms with van der Waals surface area (Å²) in [4.78, 5) is 15.1. The van der Waals surface area contributed by atoms with Gasteiger partial charge in [-0.05, 0) is 51.5 Å². The zero-order chi connectivity index (χ0) is 20.5. The lowest BCUT2D eigenvalue weighted by molar-refractivity contribution is 0.578. The van der Waals surface area contributed by atoms with Crippen molar-refractivity contribution in [3.63, 3.8) is 0 Å². The van der Waals surface area contributed by atoms with Gasteiger partial charge in [-0.2, -0.15) is 0 Å². The molecular weight excluding hydrogens is 369 g/mol. The molecule has 0 amide bonds. The van der Waals surface area contributed by atoms with Crippen molar-refractivity contribution in [1.82, 2.24) is 19.5 Å². The van der Waals surface area contributed by atoms with Crippen LogP contribution in [0.5, 0.6) is 0 Å². The van der Waals surface area contributed by atoms with Crippen molar-refractivity contribution < 1.29 is 4.39 Å². The molecule has 2 aromatic heterocycles. The molecule has 0 saturated carbocycles. The Labute approximate surface area is 169 Å². The highest BCUT2D eigenvalue weighted by Gasteiger charge is 2.20. The Balaban J connectivity index is 1.57. The van der Waals surface area contributed by atoms with Gasteiger partial charge in [-0.25, -0.2) is 19.3 Å². The summed E-state index contributed by atoms with van der Waals surface area (Å²) in [6.07, 6.45) is 3.86. The number of nitrogens with two attached hydrogens (primary N) is 1. The first kappa shape index (κ1) is 19.3. The van der Waals surface area contributed by atoms with E-state index in [4.69, 9.17) is 5.73 Å². The van der Waals surface area contributed by atoms with Crippen LogP contribution in [-0.2, 0) is 0 Å². The van der Waals surface area contributed by atoms with Crippen LogP contribution in [0.15, 0.2) is 36.7 Å². The molecule has 0 aliphatic carbocycles. The second kappa shape index (κ2) is 7.79. The van der Waals surface area contributed by atoms with Gasteiger partial charge in [0.25, 0.3) is 0 Å². The molecule has 29 heavy (non-hydrogen) atoms. The molecule has 3 N–H and O–H groups in total. The number of aromatic nitrogens is 4. The summed E-state index contributed by atoms with van der Waals surface area (Å²) in [6.45, 7) is 7.81. The van der Waals surface area contributed by atoms with E-state index < -0.39 is 5.82 Å². The van der Waals surface area contributed by atoms with Crippen LogP contribution in [0.1, 0.15) is 32.1 Å². The van der Waals surface area contributed by atoms with Crippen molar-refractivity contribution >= 4 is 17.3 Å². The Morgan fingerprint density at radius 1 is 1.17 bits per heavy atom. The maximum atomic E-state index is 14.5. The molecule has 4 rings (SSSR count). The van der Waals surface area contributed by atoms with Crippen molar-refractivity contribution in [2.75, 3.05) is 23.3 Å². The van der Waals surface area contributed by atoms with Gasteiger partial charge in [0.2, 0.25) is 5.95 Å². The van der Waals surface area contributed by atoms with Gasteiger partial charge in [-0.3, -0.25) is 0 Å². The van der Waals surface area contributed by atoms with Crippen molar-refractivity contribution in [3.8, 4) is 11.4 Å². The third-order valence-electron chi connectivity index (χ3n) is 5.20. The van der Waals surface area contributed by atoms with Crippen LogP contribution in [0.4, 0.5) is 21.7 Å². The lowest BCUT2D eigenvalue weighted by Crippen LogP contribution is -2.26. The van der Waals surface area contributed by atoms with Gasteiger partial charge in [0.05, 0.1) is 18.1 Å². The molecule has 1 aliphatic heterocycles. The first-order valence-corrected chi connectivity index (χ1v) is 9.86. The molecule has 1 saturated heterocycles. The molecule has 1 aliphatic rings. The summed E-state index contributed by atoms with van der Waals surface area (Å²) in [5.74, 6) is 0.685. The smallest absolute Gasteiger partial charge is 0.227 e. The highest BCUT2D eigenvalue weighted by molar-refractivity contribution is 5.62. The summed E-state index contributed by atoms with van der Waals surface area (Å²) < 4.78 is 16.5. The van der Waals surface area contributed by atoms with E-state index in [1.807, 2.05) is 49.6 Å². The number of rotatable bonds is 5. The van der Waals surface area contributed by atoms with E-state index in [-0.39, 0.29) is 17.8 Å². The molecule has 8 heteroatoms. The summed E-state index contributed by atoms with van der Waals surface area (Å²) in [7, 11) is 0. The molecule has 0 radical (unpaired) electrons. The Hall–Kier alpha value is -3.00. The third kappa shape index (κ3) is 3.93. The molecule has 1 atom stereocenters. The summed E-state index contributed by atoms with van der Waals surface area (Å²) in [5.41, 5.74) is 8.84. The average Bonchev–Trinajstić information content (AvgIpc) is 3.29. The maximum absolute atomic E-state index is 14.5. The highest BCUT2D eigenvalue weighted by Crippen LogP contribution is 2.27. The van der Waals surface area contributed by atoms with Crippen LogP contribution in [0, 0.1) is 12.7 Å². The largest absolute Gasteiger partial charge is 0.370 e. The van der Waals surface area contributed by atoms with Gasteiger partial charge < -0.3 is 20.5 Å². The fourth-order valence-corrected chi connectivity index (χ4v) is 3.79. The van der Waals surface area contributed by atoms with E-state index in [0.29, 0.717) is 11.6 Å². The Morgan fingerprint density at radius 3 is 2.59 bits per heavy atom. The van der Waals surface area contributed by atoms with E-state index in [9.17, 15) is 4.39 Å². The lowest BCUT2D eigenvalue weighted by atomic mass is 10.2. The van der Waals surface area contributed by atoms with Crippen molar-refractivity contribution in [2.45, 2.75) is 39.3 Å². The monoisotopic (exact) mass is 395 g/mol. The standard InChI is InChI=1S/C21H26FN7/c1-13(2)29-14(3)24-11-19(29)20-18(22)10-25-21(27-20)26-16-4-6-17(7-5-16)28-9-8-15(23)12-28/h4-7,10-11,13,15H,8-9,12,23H2,1-3H3,(H,25,26,27)/t15-/m1/s1. The molecule has 1 fully saturated rings. The number of nitrogens with zero attached hydrogens (tertiary/aromatic N) is 5. The molecule has 3 aromatic rings. The molecule has 152 valence electrons. The first-order chi connectivity index (χ1) is 13.9. The van der Waals surface area contributed by atoms with Gasteiger partial charge in [-0.1, -0.05) is 0 Å². The number of halogens is 1. The fraction of sp³-hybridized carbons (Fsp3) is 0.381. The zero-order valence-corrected chi connectivity index (χ0v) is 16.9. The molecule has 1 aromatic carbocycles. The minimum absolute atomic E-state index is 0.143. The molecular formula is C21H26FN7. The fourth-order valence-electron chi connectivity index (χ4n) is 3.79. The Kier molecular flexibility index (Phi) is 5.19.